The monoisotopic (exact) mass is 803 g/mol. The molecule has 6 rings (SSSR count). The number of nitrogen functional groups attached to an aromatic ring is 3. The molecule has 0 atom stereocenters. The van der Waals surface area contributed by atoms with Crippen molar-refractivity contribution >= 4 is 40.1 Å². The molecule has 0 aliphatic carbocycles. The van der Waals surface area contributed by atoms with Crippen molar-refractivity contribution < 1.29 is 58.3 Å². The zero-order valence-electron chi connectivity index (χ0n) is 28.3. The highest BCUT2D eigenvalue weighted by molar-refractivity contribution is 7.85. The molecular formula is C39H27F9N3O4P. The van der Waals surface area contributed by atoms with Crippen molar-refractivity contribution in [1.29, 1.82) is 0 Å². The van der Waals surface area contributed by atoms with Gasteiger partial charge in [0, 0.05) is 17.1 Å². The molecule has 0 saturated carbocycles. The Labute approximate surface area is 312 Å². The molecule has 7 nitrogen and oxygen atoms in total. The van der Waals surface area contributed by atoms with Crippen molar-refractivity contribution in [3.8, 4) is 34.5 Å². The summed E-state index contributed by atoms with van der Waals surface area (Å²) in [6.45, 7) is 0. The standard InChI is InChI=1S/C39H27F9N3O4P/c40-37(41,42)25-19-22(49)13-16-28(25)53-31-7-1-4-10-34(31)56(52,35-11-5-2-8-32(35)54-29-17-14-23(50)20-26(29)38(43,44)45)36-12-6-3-9-33(36)55-30-18-15-24(51)21-27(30)39(46,47)48/h1-21H,49-51H2. The summed E-state index contributed by atoms with van der Waals surface area (Å²) >= 11 is 0. The highest BCUT2D eigenvalue weighted by Gasteiger charge is 2.42. The largest absolute Gasteiger partial charge is 0.456 e. The summed E-state index contributed by atoms with van der Waals surface area (Å²) in [5.74, 6) is -3.55. The first kappa shape index (κ1) is 39.4. The Balaban J connectivity index is 1.63. The number of benzene rings is 6. The Morgan fingerprint density at radius 1 is 0.375 bits per heavy atom. The molecule has 0 saturated heterocycles. The predicted octanol–water partition coefficient (Wildman–Crippen LogP) is 10.5. The van der Waals surface area contributed by atoms with Gasteiger partial charge in [0.05, 0.1) is 15.9 Å². The molecule has 0 aliphatic rings. The van der Waals surface area contributed by atoms with Crippen molar-refractivity contribution in [3.05, 3.63) is 144 Å². The SMILES string of the molecule is Nc1ccc(Oc2ccccc2P(=O)(c2ccccc2Oc2ccc(N)cc2C(F)(F)F)c2ccccc2Oc2ccc(N)cc2C(F)(F)F)c(C(F)(F)F)c1. The second kappa shape index (κ2) is 14.8. The van der Waals surface area contributed by atoms with E-state index in [9.17, 15) is 39.5 Å². The molecule has 0 aromatic heterocycles. The first-order valence-electron chi connectivity index (χ1n) is 16.1. The lowest BCUT2D eigenvalue weighted by atomic mass is 10.1. The molecule has 56 heavy (non-hydrogen) atoms. The van der Waals surface area contributed by atoms with Crippen molar-refractivity contribution in [2.24, 2.45) is 0 Å². The van der Waals surface area contributed by atoms with Gasteiger partial charge in [-0.1, -0.05) is 36.4 Å². The van der Waals surface area contributed by atoms with Crippen LogP contribution >= 0.6 is 7.14 Å². The average molecular weight is 804 g/mol. The Morgan fingerprint density at radius 3 is 0.875 bits per heavy atom. The third kappa shape index (κ3) is 8.05. The van der Waals surface area contributed by atoms with Crippen LogP contribution in [0.1, 0.15) is 16.7 Å². The van der Waals surface area contributed by atoms with Crippen LogP contribution in [0.3, 0.4) is 0 Å². The Bertz CT molecular complexity index is 2200. The van der Waals surface area contributed by atoms with Crippen molar-refractivity contribution in [3.63, 3.8) is 0 Å². The number of halogens is 9. The first-order chi connectivity index (χ1) is 26.3. The molecule has 6 N–H and O–H groups in total. The normalized spacial score (nSPS) is 12.3. The molecule has 290 valence electrons. The number of ether oxygens (including phenoxy) is 3. The van der Waals surface area contributed by atoms with Crippen LogP contribution in [0.25, 0.3) is 0 Å². The predicted molar refractivity (Wildman–Crippen MR) is 194 cm³/mol. The molecule has 0 unspecified atom stereocenters. The summed E-state index contributed by atoms with van der Waals surface area (Å²) in [6, 6.07) is 23.5. The topological polar surface area (TPSA) is 123 Å². The summed E-state index contributed by atoms with van der Waals surface area (Å²) in [4.78, 5) is 0. The number of anilines is 3. The minimum Gasteiger partial charge on any atom is -0.456 e. The van der Waals surface area contributed by atoms with E-state index < -0.39 is 76.9 Å². The Hall–Kier alpha value is -6.28. The van der Waals surface area contributed by atoms with E-state index in [4.69, 9.17) is 31.4 Å². The fourth-order valence-electron chi connectivity index (χ4n) is 5.73. The lowest BCUT2D eigenvalue weighted by Crippen LogP contribution is -2.28. The zero-order valence-corrected chi connectivity index (χ0v) is 29.2. The van der Waals surface area contributed by atoms with Crippen LogP contribution in [-0.2, 0) is 23.1 Å². The molecule has 0 heterocycles. The second-order valence-electron chi connectivity index (χ2n) is 12.1. The maximum atomic E-state index is 16.3. The number of hydrogen-bond donors (Lipinski definition) is 3. The molecule has 0 bridgehead atoms. The van der Waals surface area contributed by atoms with E-state index in [-0.39, 0.29) is 33.0 Å². The number of nitrogens with two attached hydrogens (primary N) is 3. The quantitative estimate of drug-likeness (QED) is 0.0756. The van der Waals surface area contributed by atoms with Gasteiger partial charge in [-0.25, -0.2) is 0 Å². The molecular weight excluding hydrogens is 776 g/mol. The number of hydrogen-bond acceptors (Lipinski definition) is 7. The maximum Gasteiger partial charge on any atom is 0.420 e. The van der Waals surface area contributed by atoms with E-state index in [1.165, 1.54) is 72.8 Å². The van der Waals surface area contributed by atoms with Gasteiger partial charge in [0.15, 0.2) is 7.14 Å². The molecule has 0 aliphatic heterocycles. The summed E-state index contributed by atoms with van der Waals surface area (Å²) < 4.78 is 162. The molecule has 0 spiro atoms. The van der Waals surface area contributed by atoms with Crippen LogP contribution < -0.4 is 47.3 Å². The van der Waals surface area contributed by atoms with E-state index in [1.54, 1.807) is 0 Å². The van der Waals surface area contributed by atoms with E-state index in [0.29, 0.717) is 18.2 Å². The molecule has 0 fully saturated rings. The molecule has 0 radical (unpaired) electrons. The van der Waals surface area contributed by atoms with E-state index in [0.717, 1.165) is 36.4 Å². The summed E-state index contributed by atoms with van der Waals surface area (Å²) in [5, 5.41) is -1.00. The summed E-state index contributed by atoms with van der Waals surface area (Å²) in [7, 11) is -4.79. The summed E-state index contributed by atoms with van der Waals surface area (Å²) in [5.41, 5.74) is 12.3. The van der Waals surface area contributed by atoms with Crippen molar-refractivity contribution in [2.75, 3.05) is 17.2 Å². The number of alkyl halides is 9. The van der Waals surface area contributed by atoms with E-state index in [1.807, 2.05) is 0 Å². The van der Waals surface area contributed by atoms with Crippen LogP contribution in [-0.4, -0.2) is 0 Å². The van der Waals surface area contributed by atoms with Crippen LogP contribution in [0.5, 0.6) is 34.5 Å². The molecule has 0 amide bonds. The van der Waals surface area contributed by atoms with Crippen LogP contribution in [0.15, 0.2) is 127 Å². The highest BCUT2D eigenvalue weighted by Crippen LogP contribution is 2.52. The fraction of sp³-hybridized carbons (Fsp3) is 0.0769. The fourth-order valence-corrected chi connectivity index (χ4v) is 8.69. The highest BCUT2D eigenvalue weighted by atomic mass is 31.2. The average Bonchev–Trinajstić information content (AvgIpc) is 3.13. The Kier molecular flexibility index (Phi) is 10.4. The third-order valence-electron chi connectivity index (χ3n) is 8.20. The van der Waals surface area contributed by atoms with E-state index >= 15 is 4.57 Å². The molecule has 6 aromatic carbocycles. The zero-order chi connectivity index (χ0) is 40.6. The minimum atomic E-state index is -4.98. The maximum absolute atomic E-state index is 16.3. The van der Waals surface area contributed by atoms with Gasteiger partial charge in [-0.3, -0.25) is 0 Å². The van der Waals surface area contributed by atoms with Crippen molar-refractivity contribution in [2.45, 2.75) is 18.5 Å². The van der Waals surface area contributed by atoms with Gasteiger partial charge in [-0.15, -0.1) is 0 Å². The van der Waals surface area contributed by atoms with Gasteiger partial charge in [-0.2, -0.15) is 39.5 Å². The van der Waals surface area contributed by atoms with Crippen LogP contribution in [0, 0.1) is 0 Å². The minimum absolute atomic E-state index is 0.248. The van der Waals surface area contributed by atoms with E-state index in [2.05, 4.69) is 0 Å². The van der Waals surface area contributed by atoms with Crippen LogP contribution in [0.2, 0.25) is 0 Å². The smallest absolute Gasteiger partial charge is 0.420 e. The lowest BCUT2D eigenvalue weighted by molar-refractivity contribution is -0.139. The van der Waals surface area contributed by atoms with Crippen LogP contribution in [0.4, 0.5) is 56.6 Å². The van der Waals surface area contributed by atoms with Gasteiger partial charge < -0.3 is 36.0 Å². The van der Waals surface area contributed by atoms with Crippen molar-refractivity contribution in [1.82, 2.24) is 0 Å². The lowest BCUT2D eigenvalue weighted by Gasteiger charge is -2.27. The second-order valence-corrected chi connectivity index (χ2v) is 14.7. The first-order valence-corrected chi connectivity index (χ1v) is 17.8. The summed E-state index contributed by atoms with van der Waals surface area (Å²) in [6.07, 6.45) is -14.9. The third-order valence-corrected chi connectivity index (χ3v) is 11.3. The Morgan fingerprint density at radius 2 is 0.625 bits per heavy atom. The van der Waals surface area contributed by atoms with Gasteiger partial charge in [0.25, 0.3) is 0 Å². The van der Waals surface area contributed by atoms with Gasteiger partial charge in [0.1, 0.15) is 51.2 Å². The number of para-hydroxylation sites is 3. The van der Waals surface area contributed by atoms with Gasteiger partial charge in [0.2, 0.25) is 0 Å². The van der Waals surface area contributed by atoms with Gasteiger partial charge in [-0.05, 0) is 91.0 Å². The number of rotatable bonds is 9. The molecule has 17 heteroatoms. The van der Waals surface area contributed by atoms with Gasteiger partial charge >= 0.3 is 18.5 Å². The molecule has 6 aromatic rings.